The second-order valence-corrected chi connectivity index (χ2v) is 6.27. The molecule has 1 saturated carbocycles. The molecule has 0 radical (unpaired) electrons. The van der Waals surface area contributed by atoms with Gasteiger partial charge in [-0.1, -0.05) is 25.2 Å². The number of hydrogen-bond donors (Lipinski definition) is 1. The van der Waals surface area contributed by atoms with Crippen LogP contribution in [-0.2, 0) is 11.3 Å². The number of rotatable bonds is 7. The maximum atomic E-state index is 11.2. The first-order valence-corrected chi connectivity index (χ1v) is 7.33. The van der Waals surface area contributed by atoms with Crippen LogP contribution in [0.2, 0.25) is 0 Å². The van der Waals surface area contributed by atoms with Crippen molar-refractivity contribution in [2.45, 2.75) is 39.3 Å². The van der Waals surface area contributed by atoms with Crippen LogP contribution in [-0.4, -0.2) is 35.8 Å². The molecule has 1 N–H and O–H groups in total. The Morgan fingerprint density at radius 1 is 1.58 bits per heavy atom. The summed E-state index contributed by atoms with van der Waals surface area (Å²) < 4.78 is 5.03. The van der Waals surface area contributed by atoms with Crippen LogP contribution in [0.5, 0.6) is 0 Å². The van der Waals surface area contributed by atoms with Gasteiger partial charge in [-0.05, 0) is 18.8 Å². The van der Waals surface area contributed by atoms with Gasteiger partial charge in [0.1, 0.15) is 4.88 Å². The van der Waals surface area contributed by atoms with E-state index in [-0.39, 0.29) is 6.61 Å². The molecule has 1 aliphatic carbocycles. The second kappa shape index (κ2) is 5.88. The van der Waals surface area contributed by atoms with Crippen molar-refractivity contribution in [1.29, 1.82) is 0 Å². The lowest BCUT2D eigenvalue weighted by Crippen LogP contribution is -2.29. The fourth-order valence-electron chi connectivity index (χ4n) is 2.03. The summed E-state index contributed by atoms with van der Waals surface area (Å²) in [7, 11) is 1.55. The van der Waals surface area contributed by atoms with E-state index in [1.54, 1.807) is 7.11 Å². The number of hydrogen-bond acceptors (Lipinski definition) is 5. The first-order chi connectivity index (χ1) is 9.02. The van der Waals surface area contributed by atoms with E-state index in [0.29, 0.717) is 22.5 Å². The Labute approximate surface area is 117 Å². The maximum absolute atomic E-state index is 11.2. The van der Waals surface area contributed by atoms with Crippen LogP contribution in [0.4, 0.5) is 5.13 Å². The number of aromatic carboxylic acids is 1. The largest absolute Gasteiger partial charge is 0.477 e. The van der Waals surface area contributed by atoms with Crippen molar-refractivity contribution in [3.63, 3.8) is 0 Å². The van der Waals surface area contributed by atoms with Crippen molar-refractivity contribution in [3.8, 4) is 0 Å². The number of carboxylic acids is 1. The highest BCUT2D eigenvalue weighted by Gasteiger charge is 2.32. The molecule has 5 nitrogen and oxygen atoms in total. The summed E-state index contributed by atoms with van der Waals surface area (Å²) in [6.45, 7) is 5.50. The van der Waals surface area contributed by atoms with E-state index in [0.717, 1.165) is 11.7 Å². The topological polar surface area (TPSA) is 62.7 Å². The lowest BCUT2D eigenvalue weighted by molar-refractivity contribution is 0.0697. The Morgan fingerprint density at radius 2 is 2.26 bits per heavy atom. The number of nitrogens with zero attached hydrogens (tertiary/aromatic N) is 2. The molecule has 1 heterocycles. The zero-order chi connectivity index (χ0) is 14.0. The van der Waals surface area contributed by atoms with Gasteiger partial charge in [0.2, 0.25) is 0 Å². The molecule has 1 aromatic rings. The van der Waals surface area contributed by atoms with E-state index < -0.39 is 5.97 Å². The van der Waals surface area contributed by atoms with Crippen LogP contribution >= 0.6 is 11.3 Å². The third-order valence-corrected chi connectivity index (χ3v) is 4.08. The molecule has 0 aromatic carbocycles. The van der Waals surface area contributed by atoms with Gasteiger partial charge in [0, 0.05) is 19.7 Å². The molecule has 0 unspecified atom stereocenters. The van der Waals surface area contributed by atoms with E-state index in [9.17, 15) is 9.90 Å². The Hall–Kier alpha value is -1.14. The summed E-state index contributed by atoms with van der Waals surface area (Å²) in [5.41, 5.74) is 0.532. The van der Waals surface area contributed by atoms with Crippen molar-refractivity contribution in [3.05, 3.63) is 10.6 Å². The highest BCUT2D eigenvalue weighted by molar-refractivity contribution is 7.17. The van der Waals surface area contributed by atoms with Gasteiger partial charge < -0.3 is 14.7 Å². The molecule has 19 heavy (non-hydrogen) atoms. The number of aromatic nitrogens is 1. The summed E-state index contributed by atoms with van der Waals surface area (Å²) in [4.78, 5) is 18.3. The molecule has 1 fully saturated rings. The third kappa shape index (κ3) is 3.45. The minimum atomic E-state index is -0.920. The van der Waals surface area contributed by atoms with E-state index in [4.69, 9.17) is 4.74 Å². The van der Waals surface area contributed by atoms with Gasteiger partial charge >= 0.3 is 5.97 Å². The Kier molecular flexibility index (Phi) is 4.42. The molecular formula is C13H20N2O3S. The van der Waals surface area contributed by atoms with Crippen molar-refractivity contribution in [2.75, 3.05) is 18.6 Å². The van der Waals surface area contributed by atoms with Gasteiger partial charge in [-0.25, -0.2) is 9.78 Å². The van der Waals surface area contributed by atoms with Crippen LogP contribution < -0.4 is 4.90 Å². The molecular weight excluding hydrogens is 264 g/mol. The third-order valence-electron chi connectivity index (χ3n) is 2.96. The number of carboxylic acid groups (broad SMARTS) is 1. The van der Waals surface area contributed by atoms with Crippen LogP contribution in [0.25, 0.3) is 0 Å². The van der Waals surface area contributed by atoms with Crippen LogP contribution in [0, 0.1) is 5.92 Å². The maximum Gasteiger partial charge on any atom is 0.347 e. The summed E-state index contributed by atoms with van der Waals surface area (Å²) in [6, 6.07) is 0.533. The zero-order valence-corrected chi connectivity index (χ0v) is 12.4. The summed E-state index contributed by atoms with van der Waals surface area (Å²) in [6.07, 6.45) is 2.35. The van der Waals surface area contributed by atoms with Crippen molar-refractivity contribution >= 4 is 22.4 Å². The Bertz CT molecular complexity index is 455. The minimum absolute atomic E-state index is 0.248. The Balaban J connectivity index is 2.26. The molecule has 6 heteroatoms. The van der Waals surface area contributed by atoms with Crippen molar-refractivity contribution in [1.82, 2.24) is 4.98 Å². The molecule has 0 saturated heterocycles. The SMILES string of the molecule is COCc1nc(N(CC(C)C)C2CC2)sc1C(=O)O. The normalized spacial score (nSPS) is 14.9. The van der Waals surface area contributed by atoms with Gasteiger partial charge in [0.15, 0.2) is 5.13 Å². The molecule has 0 bridgehead atoms. The average molecular weight is 284 g/mol. The van der Waals surface area contributed by atoms with Crippen LogP contribution in [0.1, 0.15) is 42.1 Å². The number of anilines is 1. The molecule has 1 aromatic heterocycles. The molecule has 0 spiro atoms. The Morgan fingerprint density at radius 3 is 2.74 bits per heavy atom. The van der Waals surface area contributed by atoms with Gasteiger partial charge in [0.05, 0.1) is 12.3 Å². The van der Waals surface area contributed by atoms with E-state index >= 15 is 0 Å². The first kappa shape index (κ1) is 14.3. The van der Waals surface area contributed by atoms with E-state index in [2.05, 4.69) is 23.7 Å². The first-order valence-electron chi connectivity index (χ1n) is 6.51. The van der Waals surface area contributed by atoms with Gasteiger partial charge in [-0.2, -0.15) is 0 Å². The molecule has 0 aliphatic heterocycles. The number of methoxy groups -OCH3 is 1. The van der Waals surface area contributed by atoms with Gasteiger partial charge in [-0.3, -0.25) is 0 Å². The van der Waals surface area contributed by atoms with Crippen LogP contribution in [0.3, 0.4) is 0 Å². The lowest BCUT2D eigenvalue weighted by Gasteiger charge is -2.23. The van der Waals surface area contributed by atoms with Gasteiger partial charge in [0.25, 0.3) is 0 Å². The lowest BCUT2D eigenvalue weighted by atomic mass is 10.2. The van der Waals surface area contributed by atoms with E-state index in [1.165, 1.54) is 24.2 Å². The molecule has 1 aliphatic rings. The summed E-state index contributed by atoms with van der Waals surface area (Å²) >= 11 is 1.26. The van der Waals surface area contributed by atoms with Crippen LogP contribution in [0.15, 0.2) is 0 Å². The average Bonchev–Trinajstić information content (AvgIpc) is 3.07. The summed E-state index contributed by atoms with van der Waals surface area (Å²) in [5, 5.41) is 10.0. The predicted molar refractivity (Wildman–Crippen MR) is 75.0 cm³/mol. The minimum Gasteiger partial charge on any atom is -0.477 e. The molecule has 0 atom stereocenters. The van der Waals surface area contributed by atoms with Crippen molar-refractivity contribution < 1.29 is 14.6 Å². The molecule has 2 rings (SSSR count). The fraction of sp³-hybridized carbons (Fsp3) is 0.692. The number of thiazole rings is 1. The number of carbonyl (C=O) groups is 1. The predicted octanol–water partition coefficient (Wildman–Crippen LogP) is 2.61. The number of ether oxygens (including phenoxy) is 1. The smallest absolute Gasteiger partial charge is 0.347 e. The van der Waals surface area contributed by atoms with Gasteiger partial charge in [-0.15, -0.1) is 0 Å². The monoisotopic (exact) mass is 284 g/mol. The molecule has 0 amide bonds. The van der Waals surface area contributed by atoms with E-state index in [1.807, 2.05) is 0 Å². The standard InChI is InChI=1S/C13H20N2O3S/c1-8(2)6-15(9-4-5-9)13-14-10(7-18-3)11(19-13)12(16)17/h8-9H,4-7H2,1-3H3,(H,16,17). The second-order valence-electron chi connectivity index (χ2n) is 5.29. The highest BCUT2D eigenvalue weighted by atomic mass is 32.1. The fourth-order valence-corrected chi connectivity index (χ4v) is 3.02. The zero-order valence-electron chi connectivity index (χ0n) is 11.5. The summed E-state index contributed by atoms with van der Waals surface area (Å²) in [5.74, 6) is -0.389. The quantitative estimate of drug-likeness (QED) is 0.834. The highest BCUT2D eigenvalue weighted by Crippen LogP contribution is 2.36. The van der Waals surface area contributed by atoms with Crippen molar-refractivity contribution in [2.24, 2.45) is 5.92 Å². The molecule has 106 valence electrons.